The van der Waals surface area contributed by atoms with Crippen molar-refractivity contribution in [3.63, 3.8) is 0 Å². The Morgan fingerprint density at radius 3 is 2.78 bits per heavy atom. The molecule has 0 bridgehead atoms. The van der Waals surface area contributed by atoms with Gasteiger partial charge in [-0.15, -0.1) is 0 Å². The molecule has 1 rings (SSSR count). The largest absolute Gasteiger partial charge is 0.397 e. The Labute approximate surface area is 106 Å². The van der Waals surface area contributed by atoms with Crippen LogP contribution < -0.4 is 10.5 Å². The summed E-state index contributed by atoms with van der Waals surface area (Å²) in [6, 6.07) is 6.33. The van der Waals surface area contributed by atoms with Gasteiger partial charge in [0.1, 0.15) is 0 Å². The van der Waals surface area contributed by atoms with Gasteiger partial charge in [0, 0.05) is 13.7 Å². The zero-order valence-electron chi connectivity index (χ0n) is 10.0. The first-order chi connectivity index (χ1) is 8.48. The van der Waals surface area contributed by atoms with Crippen LogP contribution in [0.4, 0.5) is 11.4 Å². The molecule has 0 atom stereocenters. The number of sulfonamides is 1. The van der Waals surface area contributed by atoms with E-state index in [4.69, 9.17) is 15.7 Å². The molecule has 0 aromatic heterocycles. The number of nitrogens with zero attached hydrogens (tertiary/aromatic N) is 1. The van der Waals surface area contributed by atoms with Crippen LogP contribution in [0.1, 0.15) is 12.0 Å². The Morgan fingerprint density at radius 2 is 2.22 bits per heavy atom. The smallest absolute Gasteiger partial charge is 0.232 e. The van der Waals surface area contributed by atoms with Crippen LogP contribution in [0.5, 0.6) is 0 Å². The minimum absolute atomic E-state index is 0.0414. The third kappa shape index (κ3) is 4.24. The molecule has 3 N–H and O–H groups in total. The monoisotopic (exact) mass is 269 g/mol. The standard InChI is InChI=1S/C11H15N3O3S/c1-17-5-2-6-18(15,16)14-11-4-3-9(8-12)7-10(11)13/h3-4,7,14H,2,5-6,13H2,1H3. The lowest BCUT2D eigenvalue weighted by atomic mass is 10.2. The number of nitrogens with two attached hydrogens (primary N) is 1. The van der Waals surface area contributed by atoms with Gasteiger partial charge in [0.05, 0.1) is 28.8 Å². The van der Waals surface area contributed by atoms with Crippen LogP contribution in [-0.4, -0.2) is 27.9 Å². The molecule has 0 unspecified atom stereocenters. The van der Waals surface area contributed by atoms with Gasteiger partial charge in [-0.25, -0.2) is 8.42 Å². The van der Waals surface area contributed by atoms with E-state index in [1.165, 1.54) is 25.3 Å². The molecule has 0 saturated heterocycles. The molecular formula is C11H15N3O3S. The molecule has 0 aliphatic carbocycles. The van der Waals surface area contributed by atoms with E-state index < -0.39 is 10.0 Å². The number of hydrogen-bond acceptors (Lipinski definition) is 5. The van der Waals surface area contributed by atoms with E-state index in [-0.39, 0.29) is 17.1 Å². The highest BCUT2D eigenvalue weighted by Gasteiger charge is 2.12. The van der Waals surface area contributed by atoms with E-state index in [0.29, 0.717) is 18.6 Å². The molecule has 18 heavy (non-hydrogen) atoms. The van der Waals surface area contributed by atoms with Gasteiger partial charge >= 0.3 is 0 Å². The summed E-state index contributed by atoms with van der Waals surface area (Å²) in [5.41, 5.74) is 6.55. The molecule has 0 aliphatic heterocycles. The van der Waals surface area contributed by atoms with Crippen LogP contribution in [0.3, 0.4) is 0 Å². The number of benzene rings is 1. The summed E-state index contributed by atoms with van der Waals surface area (Å²) in [5, 5.41) is 8.67. The van der Waals surface area contributed by atoms with Gasteiger partial charge in [0.25, 0.3) is 0 Å². The minimum Gasteiger partial charge on any atom is -0.397 e. The normalized spacial score (nSPS) is 10.9. The predicted molar refractivity (Wildman–Crippen MR) is 69.5 cm³/mol. The molecule has 6 nitrogen and oxygen atoms in total. The van der Waals surface area contributed by atoms with E-state index in [1.807, 2.05) is 6.07 Å². The number of methoxy groups -OCH3 is 1. The fourth-order valence-electron chi connectivity index (χ4n) is 1.34. The molecule has 7 heteroatoms. The van der Waals surface area contributed by atoms with Crippen LogP contribution in [0.15, 0.2) is 18.2 Å². The van der Waals surface area contributed by atoms with Crippen molar-refractivity contribution in [2.45, 2.75) is 6.42 Å². The maximum absolute atomic E-state index is 11.7. The SMILES string of the molecule is COCCCS(=O)(=O)Nc1ccc(C#N)cc1N. The lowest BCUT2D eigenvalue weighted by Gasteiger charge is -2.10. The Kier molecular flexibility index (Phi) is 4.95. The maximum atomic E-state index is 11.7. The van der Waals surface area contributed by atoms with Gasteiger partial charge < -0.3 is 10.5 Å². The van der Waals surface area contributed by atoms with Gasteiger partial charge in [-0.05, 0) is 24.6 Å². The zero-order chi connectivity index (χ0) is 13.6. The summed E-state index contributed by atoms with van der Waals surface area (Å²) in [4.78, 5) is 0. The predicted octanol–water partition coefficient (Wildman–Crippen LogP) is 0.919. The number of hydrogen-bond donors (Lipinski definition) is 2. The van der Waals surface area contributed by atoms with Crippen LogP contribution in [-0.2, 0) is 14.8 Å². The van der Waals surface area contributed by atoms with Gasteiger partial charge in [-0.3, -0.25) is 4.72 Å². The quantitative estimate of drug-likeness (QED) is 0.590. The van der Waals surface area contributed by atoms with Crippen LogP contribution >= 0.6 is 0 Å². The van der Waals surface area contributed by atoms with Crippen molar-refractivity contribution in [2.75, 3.05) is 29.9 Å². The molecule has 0 saturated carbocycles. The Balaban J connectivity index is 2.75. The first-order valence-corrected chi connectivity index (χ1v) is 6.93. The number of rotatable bonds is 6. The fourth-order valence-corrected chi connectivity index (χ4v) is 2.46. The van der Waals surface area contributed by atoms with Gasteiger partial charge in [-0.2, -0.15) is 5.26 Å². The molecule has 1 aromatic carbocycles. The molecule has 0 spiro atoms. The van der Waals surface area contributed by atoms with E-state index in [1.54, 1.807) is 0 Å². The number of nitriles is 1. The second kappa shape index (κ2) is 6.23. The minimum atomic E-state index is -3.44. The Bertz CT molecular complexity index is 549. The first-order valence-electron chi connectivity index (χ1n) is 5.27. The number of nitrogen functional groups attached to an aromatic ring is 1. The van der Waals surface area contributed by atoms with Crippen molar-refractivity contribution in [1.29, 1.82) is 5.26 Å². The molecule has 0 radical (unpaired) electrons. The van der Waals surface area contributed by atoms with E-state index in [9.17, 15) is 8.42 Å². The van der Waals surface area contributed by atoms with Crippen LogP contribution in [0.25, 0.3) is 0 Å². The third-order valence-electron chi connectivity index (χ3n) is 2.21. The first kappa shape index (κ1) is 14.3. The number of anilines is 2. The molecule has 0 fully saturated rings. The Morgan fingerprint density at radius 1 is 1.50 bits per heavy atom. The summed E-state index contributed by atoms with van der Waals surface area (Å²) in [5.74, 6) is -0.0414. The molecule has 0 heterocycles. The molecule has 0 aliphatic rings. The van der Waals surface area contributed by atoms with Crippen molar-refractivity contribution in [2.24, 2.45) is 0 Å². The van der Waals surface area contributed by atoms with Crippen molar-refractivity contribution >= 4 is 21.4 Å². The van der Waals surface area contributed by atoms with Crippen molar-refractivity contribution in [1.82, 2.24) is 0 Å². The summed E-state index contributed by atoms with van der Waals surface area (Å²) in [7, 11) is -1.93. The van der Waals surface area contributed by atoms with Crippen molar-refractivity contribution in [3.05, 3.63) is 23.8 Å². The van der Waals surface area contributed by atoms with Crippen LogP contribution in [0, 0.1) is 11.3 Å². The zero-order valence-corrected chi connectivity index (χ0v) is 10.8. The maximum Gasteiger partial charge on any atom is 0.232 e. The highest BCUT2D eigenvalue weighted by molar-refractivity contribution is 7.92. The fraction of sp³-hybridized carbons (Fsp3) is 0.364. The number of ether oxygens (including phenoxy) is 1. The van der Waals surface area contributed by atoms with Gasteiger partial charge in [-0.1, -0.05) is 0 Å². The van der Waals surface area contributed by atoms with E-state index in [2.05, 4.69) is 4.72 Å². The average Bonchev–Trinajstić information content (AvgIpc) is 2.31. The molecule has 98 valence electrons. The highest BCUT2D eigenvalue weighted by Crippen LogP contribution is 2.20. The number of nitrogens with one attached hydrogen (secondary N) is 1. The average molecular weight is 269 g/mol. The third-order valence-corrected chi connectivity index (χ3v) is 3.56. The summed E-state index contributed by atoms with van der Waals surface area (Å²) in [6.45, 7) is 0.379. The second-order valence-corrected chi connectivity index (χ2v) is 5.52. The topological polar surface area (TPSA) is 105 Å². The van der Waals surface area contributed by atoms with Crippen LogP contribution in [0.2, 0.25) is 0 Å². The van der Waals surface area contributed by atoms with E-state index >= 15 is 0 Å². The Hall–Kier alpha value is -1.78. The molecule has 1 aromatic rings. The summed E-state index contributed by atoms with van der Waals surface area (Å²) in [6.07, 6.45) is 0.405. The molecular weight excluding hydrogens is 254 g/mol. The van der Waals surface area contributed by atoms with Crippen molar-refractivity contribution in [3.8, 4) is 6.07 Å². The lowest BCUT2D eigenvalue weighted by Crippen LogP contribution is -2.18. The molecule has 0 amide bonds. The summed E-state index contributed by atoms with van der Waals surface area (Å²) < 4.78 is 30.6. The van der Waals surface area contributed by atoms with Crippen molar-refractivity contribution < 1.29 is 13.2 Å². The van der Waals surface area contributed by atoms with Gasteiger partial charge in [0.15, 0.2) is 0 Å². The highest BCUT2D eigenvalue weighted by atomic mass is 32.2. The van der Waals surface area contributed by atoms with E-state index in [0.717, 1.165) is 0 Å². The summed E-state index contributed by atoms with van der Waals surface area (Å²) >= 11 is 0. The lowest BCUT2D eigenvalue weighted by molar-refractivity contribution is 0.199. The van der Waals surface area contributed by atoms with Gasteiger partial charge in [0.2, 0.25) is 10.0 Å². The second-order valence-electron chi connectivity index (χ2n) is 3.68.